The van der Waals surface area contributed by atoms with Gasteiger partial charge in [0.25, 0.3) is 0 Å². The number of aromatic nitrogens is 2. The van der Waals surface area contributed by atoms with E-state index in [0.29, 0.717) is 5.69 Å². The number of nitrogen functional groups attached to an aromatic ring is 1. The first-order chi connectivity index (χ1) is 9.41. The number of nitrogens with two attached hydrogens (primary N) is 1. The zero-order chi connectivity index (χ0) is 14.8. The van der Waals surface area contributed by atoms with Crippen LogP contribution in [-0.4, -0.2) is 17.0 Å². The number of alkyl halides is 3. The van der Waals surface area contributed by atoms with Crippen LogP contribution >= 0.6 is 0 Å². The molecule has 0 radical (unpaired) electrons. The van der Waals surface area contributed by atoms with Crippen molar-refractivity contribution < 1.29 is 13.2 Å². The van der Waals surface area contributed by atoms with Crippen LogP contribution in [0.4, 0.5) is 30.5 Å². The van der Waals surface area contributed by atoms with E-state index in [9.17, 15) is 13.2 Å². The number of hydrazine groups is 1. The summed E-state index contributed by atoms with van der Waals surface area (Å²) in [6.45, 7) is 0. The zero-order valence-electron chi connectivity index (χ0n) is 10.5. The third-order valence-electron chi connectivity index (χ3n) is 2.60. The third-order valence-corrected chi connectivity index (χ3v) is 2.60. The van der Waals surface area contributed by atoms with Gasteiger partial charge in [0.15, 0.2) is 0 Å². The molecule has 0 saturated heterocycles. The number of benzene rings is 1. The lowest BCUT2D eigenvalue weighted by Crippen LogP contribution is -2.19. The minimum absolute atomic E-state index is 0.0893. The average molecular weight is 283 g/mol. The van der Waals surface area contributed by atoms with E-state index >= 15 is 0 Å². The molecule has 2 aromatic rings. The fourth-order valence-corrected chi connectivity index (χ4v) is 1.59. The number of halogens is 3. The first kappa shape index (κ1) is 14.1. The number of rotatable bonds is 3. The lowest BCUT2D eigenvalue weighted by atomic mass is 10.3. The number of nitrogens with zero attached hydrogens (tertiary/aromatic N) is 3. The summed E-state index contributed by atoms with van der Waals surface area (Å²) in [6.07, 6.45) is -4.64. The summed E-state index contributed by atoms with van der Waals surface area (Å²) in [7, 11) is 1.61. The maximum absolute atomic E-state index is 12.7. The van der Waals surface area contributed by atoms with Crippen LogP contribution in [0.1, 0.15) is 5.82 Å². The highest BCUT2D eigenvalue weighted by atomic mass is 19.4. The molecule has 8 heteroatoms. The molecule has 2 rings (SSSR count). The first-order valence-corrected chi connectivity index (χ1v) is 5.63. The Bertz CT molecular complexity index is 585. The van der Waals surface area contributed by atoms with Gasteiger partial charge in [0.2, 0.25) is 5.82 Å². The van der Waals surface area contributed by atoms with Crippen molar-refractivity contribution >= 4 is 17.3 Å². The van der Waals surface area contributed by atoms with Crippen LogP contribution in [0.25, 0.3) is 0 Å². The highest BCUT2D eigenvalue weighted by molar-refractivity contribution is 5.61. The van der Waals surface area contributed by atoms with Crippen LogP contribution in [0.2, 0.25) is 0 Å². The molecule has 1 heterocycles. The summed E-state index contributed by atoms with van der Waals surface area (Å²) in [5.74, 6) is 3.88. The molecular formula is C12H12F3N5. The molecule has 1 aromatic carbocycles. The van der Waals surface area contributed by atoms with Crippen molar-refractivity contribution in [3.8, 4) is 0 Å². The van der Waals surface area contributed by atoms with Crippen LogP contribution in [0.5, 0.6) is 0 Å². The largest absolute Gasteiger partial charge is 0.451 e. The Hall–Kier alpha value is -2.35. The molecule has 0 aliphatic rings. The van der Waals surface area contributed by atoms with Crippen LogP contribution in [0.15, 0.2) is 36.4 Å². The molecule has 0 fully saturated rings. The molecule has 0 bridgehead atoms. The van der Waals surface area contributed by atoms with Crippen molar-refractivity contribution in [2.45, 2.75) is 6.18 Å². The van der Waals surface area contributed by atoms with E-state index in [-0.39, 0.29) is 11.6 Å². The summed E-state index contributed by atoms with van der Waals surface area (Å²) in [4.78, 5) is 8.34. The summed E-state index contributed by atoms with van der Waals surface area (Å²) in [5, 5.41) is 0. The van der Waals surface area contributed by atoms with Gasteiger partial charge in [-0.05, 0) is 12.1 Å². The van der Waals surface area contributed by atoms with Gasteiger partial charge in [-0.15, -0.1) is 0 Å². The highest BCUT2D eigenvalue weighted by Crippen LogP contribution is 2.30. The predicted molar refractivity (Wildman–Crippen MR) is 69.3 cm³/mol. The van der Waals surface area contributed by atoms with Gasteiger partial charge < -0.3 is 10.3 Å². The van der Waals surface area contributed by atoms with Crippen LogP contribution in [-0.2, 0) is 6.18 Å². The molecule has 0 aliphatic carbocycles. The second kappa shape index (κ2) is 5.33. The van der Waals surface area contributed by atoms with Gasteiger partial charge in [0.1, 0.15) is 11.6 Å². The van der Waals surface area contributed by atoms with Crippen LogP contribution < -0.4 is 16.2 Å². The minimum Gasteiger partial charge on any atom is -0.329 e. The Morgan fingerprint density at radius 3 is 2.35 bits per heavy atom. The van der Waals surface area contributed by atoms with Crippen molar-refractivity contribution in [1.29, 1.82) is 0 Å². The molecule has 0 amide bonds. The summed E-state index contributed by atoms with van der Waals surface area (Å²) >= 11 is 0. The second-order valence-corrected chi connectivity index (χ2v) is 3.97. The Morgan fingerprint density at radius 2 is 1.80 bits per heavy atom. The molecule has 0 unspecified atom stereocenters. The zero-order valence-corrected chi connectivity index (χ0v) is 10.5. The minimum atomic E-state index is -4.64. The summed E-state index contributed by atoms with van der Waals surface area (Å²) < 4.78 is 38.2. The SMILES string of the molecule is CN(c1ccccc1)c1cc(NN)nc(C(F)(F)F)n1. The van der Waals surface area contributed by atoms with Crippen molar-refractivity contribution in [3.05, 3.63) is 42.2 Å². The summed E-state index contributed by atoms with van der Waals surface area (Å²) in [5.41, 5.74) is 2.80. The number of hydrogen-bond donors (Lipinski definition) is 2. The second-order valence-electron chi connectivity index (χ2n) is 3.97. The average Bonchev–Trinajstić information content (AvgIpc) is 2.46. The van der Waals surface area contributed by atoms with Gasteiger partial charge in [0, 0.05) is 18.8 Å². The Labute approximate surface area is 113 Å². The van der Waals surface area contributed by atoms with Gasteiger partial charge in [-0.3, -0.25) is 0 Å². The van der Waals surface area contributed by atoms with Gasteiger partial charge >= 0.3 is 6.18 Å². The molecule has 0 atom stereocenters. The van der Waals surface area contributed by atoms with Gasteiger partial charge in [-0.25, -0.2) is 15.8 Å². The molecule has 20 heavy (non-hydrogen) atoms. The van der Waals surface area contributed by atoms with E-state index in [4.69, 9.17) is 5.84 Å². The Balaban J connectivity index is 2.46. The molecule has 1 aromatic heterocycles. The lowest BCUT2D eigenvalue weighted by molar-refractivity contribution is -0.144. The molecule has 0 saturated carbocycles. The van der Waals surface area contributed by atoms with Crippen LogP contribution in [0.3, 0.4) is 0 Å². The normalized spacial score (nSPS) is 11.2. The van der Waals surface area contributed by atoms with Gasteiger partial charge in [-0.2, -0.15) is 13.2 Å². The van der Waals surface area contributed by atoms with Crippen LogP contribution in [0, 0.1) is 0 Å². The van der Waals surface area contributed by atoms with Gasteiger partial charge in [-0.1, -0.05) is 18.2 Å². The van der Waals surface area contributed by atoms with Crippen molar-refractivity contribution in [2.75, 3.05) is 17.4 Å². The van der Waals surface area contributed by atoms with Crippen molar-refractivity contribution in [3.63, 3.8) is 0 Å². The molecule has 106 valence electrons. The number of para-hydroxylation sites is 1. The number of anilines is 3. The maximum atomic E-state index is 12.7. The standard InChI is InChI=1S/C12H12F3N5/c1-20(8-5-3-2-4-6-8)10-7-9(19-16)17-11(18-10)12(13,14)15/h2-7H,16H2,1H3,(H,17,18,19). The van der Waals surface area contributed by atoms with Gasteiger partial charge in [0.05, 0.1) is 0 Å². The van der Waals surface area contributed by atoms with Crippen molar-refractivity contribution in [2.24, 2.45) is 5.84 Å². The highest BCUT2D eigenvalue weighted by Gasteiger charge is 2.35. The smallest absolute Gasteiger partial charge is 0.329 e. The first-order valence-electron chi connectivity index (χ1n) is 5.63. The fourth-order valence-electron chi connectivity index (χ4n) is 1.59. The number of nitrogens with one attached hydrogen (secondary N) is 1. The number of hydrogen-bond acceptors (Lipinski definition) is 5. The molecule has 3 N–H and O–H groups in total. The van der Waals surface area contributed by atoms with E-state index in [1.54, 1.807) is 31.3 Å². The topological polar surface area (TPSA) is 67.1 Å². The lowest BCUT2D eigenvalue weighted by Gasteiger charge is -2.20. The third kappa shape index (κ3) is 2.97. The molecular weight excluding hydrogens is 271 g/mol. The fraction of sp³-hybridized carbons (Fsp3) is 0.167. The monoisotopic (exact) mass is 283 g/mol. The van der Waals surface area contributed by atoms with E-state index in [1.807, 2.05) is 6.07 Å². The summed E-state index contributed by atoms with van der Waals surface area (Å²) in [6, 6.07) is 10.2. The quantitative estimate of drug-likeness (QED) is 0.669. The molecule has 0 spiro atoms. The molecule has 5 nitrogen and oxygen atoms in total. The Kier molecular flexibility index (Phi) is 3.75. The maximum Gasteiger partial charge on any atom is 0.451 e. The predicted octanol–water partition coefficient (Wildman–Crippen LogP) is 2.55. The van der Waals surface area contributed by atoms with E-state index in [0.717, 1.165) is 0 Å². The Morgan fingerprint density at radius 1 is 1.15 bits per heavy atom. The van der Waals surface area contributed by atoms with E-state index in [2.05, 4.69) is 15.4 Å². The molecule has 0 aliphatic heterocycles. The van der Waals surface area contributed by atoms with E-state index in [1.165, 1.54) is 11.0 Å². The van der Waals surface area contributed by atoms with Crippen molar-refractivity contribution in [1.82, 2.24) is 9.97 Å². The van der Waals surface area contributed by atoms with E-state index < -0.39 is 12.0 Å².